The number of furan rings is 1. The zero-order valence-electron chi connectivity index (χ0n) is 14.5. The van der Waals surface area contributed by atoms with Crippen LogP contribution in [-0.4, -0.2) is 19.1 Å². The highest BCUT2D eigenvalue weighted by Gasteiger charge is 2.12. The van der Waals surface area contributed by atoms with Crippen LogP contribution in [0.1, 0.15) is 38.8 Å². The summed E-state index contributed by atoms with van der Waals surface area (Å²) in [6.45, 7) is 11.2. The van der Waals surface area contributed by atoms with Gasteiger partial charge in [0, 0.05) is 29.6 Å². The van der Waals surface area contributed by atoms with E-state index >= 15 is 0 Å². The van der Waals surface area contributed by atoms with Crippen LogP contribution in [0, 0.1) is 12.8 Å². The molecule has 0 unspecified atom stereocenters. The summed E-state index contributed by atoms with van der Waals surface area (Å²) >= 11 is 0. The number of fused-ring (bicyclic) bond motifs is 1. The van der Waals surface area contributed by atoms with Gasteiger partial charge in [-0.15, -0.1) is 0 Å². The topological polar surface area (TPSA) is 51.5 Å². The molecule has 2 rings (SSSR count). The van der Waals surface area contributed by atoms with E-state index < -0.39 is 0 Å². The minimum absolute atomic E-state index is 0.0809. The SMILES string of the molecule is CCOc1cc2occ(C)c2cc1/C(C)=C/C(=O)NCC(C)C. The van der Waals surface area contributed by atoms with Crippen LogP contribution in [0.4, 0.5) is 0 Å². The molecular formula is C19H25NO3. The molecule has 1 aromatic heterocycles. The molecule has 124 valence electrons. The van der Waals surface area contributed by atoms with Crippen molar-refractivity contribution in [3.05, 3.63) is 35.6 Å². The zero-order valence-corrected chi connectivity index (χ0v) is 14.5. The molecule has 1 heterocycles. The van der Waals surface area contributed by atoms with Crippen molar-refractivity contribution in [3.63, 3.8) is 0 Å². The number of allylic oxidation sites excluding steroid dienone is 1. The van der Waals surface area contributed by atoms with E-state index in [1.54, 1.807) is 12.3 Å². The normalized spacial score (nSPS) is 12.0. The average Bonchev–Trinajstić information content (AvgIpc) is 2.85. The molecule has 0 spiro atoms. The zero-order chi connectivity index (χ0) is 17.0. The Bertz CT molecular complexity index is 726. The first-order valence-electron chi connectivity index (χ1n) is 8.03. The Labute approximate surface area is 137 Å². The highest BCUT2D eigenvalue weighted by molar-refractivity contribution is 5.97. The summed E-state index contributed by atoms with van der Waals surface area (Å²) in [7, 11) is 0. The van der Waals surface area contributed by atoms with Crippen LogP contribution >= 0.6 is 0 Å². The quantitative estimate of drug-likeness (QED) is 0.808. The van der Waals surface area contributed by atoms with Gasteiger partial charge in [0.05, 0.1) is 12.9 Å². The van der Waals surface area contributed by atoms with Crippen LogP contribution in [0.3, 0.4) is 0 Å². The molecule has 0 bridgehead atoms. The van der Waals surface area contributed by atoms with Crippen LogP contribution in [-0.2, 0) is 4.79 Å². The summed E-state index contributed by atoms with van der Waals surface area (Å²) in [5, 5.41) is 3.94. The molecule has 0 aliphatic heterocycles. The predicted molar refractivity (Wildman–Crippen MR) is 93.6 cm³/mol. The fraction of sp³-hybridized carbons (Fsp3) is 0.421. The lowest BCUT2D eigenvalue weighted by molar-refractivity contribution is -0.116. The Morgan fingerprint density at radius 2 is 2.13 bits per heavy atom. The largest absolute Gasteiger partial charge is 0.493 e. The van der Waals surface area contributed by atoms with Crippen LogP contribution < -0.4 is 10.1 Å². The number of hydrogen-bond acceptors (Lipinski definition) is 3. The summed E-state index contributed by atoms with van der Waals surface area (Å²) in [5.41, 5.74) is 3.66. The van der Waals surface area contributed by atoms with E-state index in [4.69, 9.17) is 9.15 Å². The maximum atomic E-state index is 12.0. The average molecular weight is 315 g/mol. The molecule has 0 saturated heterocycles. The van der Waals surface area contributed by atoms with E-state index in [2.05, 4.69) is 19.2 Å². The van der Waals surface area contributed by atoms with Gasteiger partial charge >= 0.3 is 0 Å². The molecule has 0 atom stereocenters. The maximum absolute atomic E-state index is 12.0. The van der Waals surface area contributed by atoms with E-state index in [1.807, 2.05) is 32.9 Å². The molecule has 1 amide bonds. The minimum atomic E-state index is -0.0809. The molecule has 1 aromatic carbocycles. The van der Waals surface area contributed by atoms with Gasteiger partial charge in [-0.1, -0.05) is 13.8 Å². The number of amides is 1. The number of rotatable bonds is 6. The van der Waals surface area contributed by atoms with Gasteiger partial charge in [0.15, 0.2) is 0 Å². The molecule has 1 N–H and O–H groups in total. The lowest BCUT2D eigenvalue weighted by Gasteiger charge is -2.12. The maximum Gasteiger partial charge on any atom is 0.244 e. The van der Waals surface area contributed by atoms with Gasteiger partial charge in [-0.05, 0) is 43.9 Å². The second kappa shape index (κ2) is 7.36. The Hall–Kier alpha value is -2.23. The smallest absolute Gasteiger partial charge is 0.244 e. The number of carbonyl (C=O) groups is 1. The second-order valence-corrected chi connectivity index (χ2v) is 6.16. The number of carbonyl (C=O) groups excluding carboxylic acids is 1. The molecule has 0 fully saturated rings. The predicted octanol–water partition coefficient (Wildman–Crippen LogP) is 4.32. The van der Waals surface area contributed by atoms with Crippen LogP contribution in [0.5, 0.6) is 5.75 Å². The second-order valence-electron chi connectivity index (χ2n) is 6.16. The first-order chi connectivity index (χ1) is 10.9. The third-order valence-corrected chi connectivity index (χ3v) is 3.63. The third-order valence-electron chi connectivity index (χ3n) is 3.63. The van der Waals surface area contributed by atoms with Gasteiger partial charge in [0.25, 0.3) is 0 Å². The van der Waals surface area contributed by atoms with E-state index in [1.165, 1.54) is 0 Å². The number of hydrogen-bond donors (Lipinski definition) is 1. The van der Waals surface area contributed by atoms with Crippen molar-refractivity contribution in [1.82, 2.24) is 5.32 Å². The fourth-order valence-electron chi connectivity index (χ4n) is 2.40. The first kappa shape index (κ1) is 17.1. The standard InChI is InChI=1S/C19H25NO3/c1-6-22-17-9-18-16(14(5)11-23-18)8-15(17)13(4)7-19(21)20-10-12(2)3/h7-9,11-12H,6,10H2,1-5H3,(H,20,21)/b13-7+. The number of nitrogens with one attached hydrogen (secondary N) is 1. The van der Waals surface area contributed by atoms with Gasteiger partial charge in [-0.3, -0.25) is 4.79 Å². The Balaban J connectivity index is 2.37. The highest BCUT2D eigenvalue weighted by Crippen LogP contribution is 2.33. The van der Waals surface area contributed by atoms with Crippen molar-refractivity contribution in [1.29, 1.82) is 0 Å². The Morgan fingerprint density at radius 3 is 2.78 bits per heavy atom. The number of ether oxygens (including phenoxy) is 1. The summed E-state index contributed by atoms with van der Waals surface area (Å²) in [6, 6.07) is 3.92. The van der Waals surface area contributed by atoms with Crippen molar-refractivity contribution in [3.8, 4) is 5.75 Å². The van der Waals surface area contributed by atoms with Crippen molar-refractivity contribution >= 4 is 22.4 Å². The highest BCUT2D eigenvalue weighted by atomic mass is 16.5. The first-order valence-corrected chi connectivity index (χ1v) is 8.03. The molecule has 0 radical (unpaired) electrons. The van der Waals surface area contributed by atoms with Crippen molar-refractivity contribution < 1.29 is 13.9 Å². The summed E-state index contributed by atoms with van der Waals surface area (Å²) in [6.07, 6.45) is 3.36. The van der Waals surface area contributed by atoms with Gasteiger partial charge in [0.1, 0.15) is 11.3 Å². The molecule has 4 nitrogen and oxygen atoms in total. The monoisotopic (exact) mass is 315 g/mol. The van der Waals surface area contributed by atoms with Crippen LogP contribution in [0.2, 0.25) is 0 Å². The lowest BCUT2D eigenvalue weighted by Crippen LogP contribution is -2.25. The van der Waals surface area contributed by atoms with Gasteiger partial charge in [-0.25, -0.2) is 0 Å². The van der Waals surface area contributed by atoms with E-state index in [0.29, 0.717) is 19.1 Å². The molecule has 4 heteroatoms. The Morgan fingerprint density at radius 1 is 1.39 bits per heavy atom. The number of aryl methyl sites for hydroxylation is 1. The molecular weight excluding hydrogens is 290 g/mol. The third kappa shape index (κ3) is 4.15. The molecule has 0 saturated carbocycles. The van der Waals surface area contributed by atoms with Crippen molar-refractivity contribution in [2.45, 2.75) is 34.6 Å². The van der Waals surface area contributed by atoms with E-state index in [-0.39, 0.29) is 5.91 Å². The minimum Gasteiger partial charge on any atom is -0.493 e. The molecule has 23 heavy (non-hydrogen) atoms. The number of benzene rings is 1. The van der Waals surface area contributed by atoms with Crippen molar-refractivity contribution in [2.75, 3.05) is 13.2 Å². The van der Waals surface area contributed by atoms with E-state index in [9.17, 15) is 4.79 Å². The van der Waals surface area contributed by atoms with E-state index in [0.717, 1.165) is 33.4 Å². The fourth-order valence-corrected chi connectivity index (χ4v) is 2.40. The van der Waals surface area contributed by atoms with Gasteiger partial charge in [0.2, 0.25) is 5.91 Å². The van der Waals surface area contributed by atoms with Crippen LogP contribution in [0.15, 0.2) is 28.9 Å². The lowest BCUT2D eigenvalue weighted by atomic mass is 10.0. The molecule has 2 aromatic rings. The molecule has 0 aliphatic rings. The van der Waals surface area contributed by atoms with Gasteiger partial charge in [-0.2, -0.15) is 0 Å². The molecule has 0 aliphatic carbocycles. The van der Waals surface area contributed by atoms with Crippen molar-refractivity contribution in [2.24, 2.45) is 5.92 Å². The van der Waals surface area contributed by atoms with Gasteiger partial charge < -0.3 is 14.5 Å². The summed E-state index contributed by atoms with van der Waals surface area (Å²) < 4.78 is 11.3. The summed E-state index contributed by atoms with van der Waals surface area (Å²) in [4.78, 5) is 12.0. The summed E-state index contributed by atoms with van der Waals surface area (Å²) in [5.74, 6) is 1.08. The van der Waals surface area contributed by atoms with Crippen LogP contribution in [0.25, 0.3) is 16.5 Å². The Kier molecular flexibility index (Phi) is 5.48.